The Kier molecular flexibility index (Phi) is 25.9. The molecule has 0 aliphatic carbocycles. The molecule has 0 saturated heterocycles. The molecule has 0 aromatic heterocycles. The van der Waals surface area contributed by atoms with Gasteiger partial charge in [0.25, 0.3) is 0 Å². The number of nitrogens with two attached hydrogens (primary N) is 1. The molecule has 0 atom stereocenters. The number of allylic oxidation sites excluding steroid dienone is 1. The van der Waals surface area contributed by atoms with Gasteiger partial charge in [0.15, 0.2) is 0 Å². The van der Waals surface area contributed by atoms with Crippen molar-refractivity contribution in [3.63, 3.8) is 0 Å². The van der Waals surface area contributed by atoms with Crippen molar-refractivity contribution < 1.29 is 4.79 Å². The van der Waals surface area contributed by atoms with Crippen LogP contribution in [0.2, 0.25) is 0 Å². The highest BCUT2D eigenvalue weighted by Crippen LogP contribution is 2.10. The third-order valence-corrected chi connectivity index (χ3v) is 4.29. The summed E-state index contributed by atoms with van der Waals surface area (Å²) >= 11 is 0. The number of primary amides is 1. The Morgan fingerprint density at radius 2 is 1.08 bits per heavy atom. The first-order valence-electron chi connectivity index (χ1n) is 10.6. The molecule has 0 spiro atoms. The average Bonchev–Trinajstić information content (AvgIpc) is 2.57. The molecule has 2 N–H and O–H groups in total. The Hall–Kier alpha value is -0.790. The molecule has 0 radical (unpaired) electrons. The van der Waals surface area contributed by atoms with E-state index in [1.807, 2.05) is 6.08 Å². The van der Waals surface area contributed by atoms with E-state index in [-0.39, 0.29) is 5.91 Å². The molecule has 144 valence electrons. The minimum absolute atomic E-state index is 0.159. The normalized spacial score (nSPS) is 10.1. The number of hydrogen-bond acceptors (Lipinski definition) is 1. The largest absolute Gasteiger partial charge is 0.370 e. The van der Waals surface area contributed by atoms with Crippen molar-refractivity contribution in [3.8, 4) is 0 Å². The highest BCUT2D eigenvalue weighted by atomic mass is 16.1. The van der Waals surface area contributed by atoms with Crippen molar-refractivity contribution in [2.45, 2.75) is 123 Å². The summed E-state index contributed by atoms with van der Waals surface area (Å²) in [7, 11) is 0. The minimum Gasteiger partial charge on any atom is -0.370 e. The monoisotopic (exact) mass is 339 g/mol. The molecule has 2 heteroatoms. The first-order chi connectivity index (χ1) is 11.7. The van der Waals surface area contributed by atoms with E-state index in [9.17, 15) is 4.79 Å². The SMILES string of the molecule is C=CCCCCCCCC.CCCCCCCCCCCC(N)=O. The lowest BCUT2D eigenvalue weighted by Gasteiger charge is -2.00. The second kappa shape index (κ2) is 24.5. The van der Waals surface area contributed by atoms with Gasteiger partial charge in [-0.15, -0.1) is 6.58 Å². The van der Waals surface area contributed by atoms with Gasteiger partial charge in [-0.25, -0.2) is 0 Å². The first kappa shape index (κ1) is 25.5. The van der Waals surface area contributed by atoms with E-state index in [2.05, 4.69) is 20.4 Å². The summed E-state index contributed by atoms with van der Waals surface area (Å²) in [5.41, 5.74) is 5.05. The zero-order valence-corrected chi connectivity index (χ0v) is 16.8. The molecule has 2 nitrogen and oxygen atoms in total. The van der Waals surface area contributed by atoms with Crippen LogP contribution in [0.25, 0.3) is 0 Å². The van der Waals surface area contributed by atoms with E-state index in [4.69, 9.17) is 5.73 Å². The maximum absolute atomic E-state index is 10.4. The summed E-state index contributed by atoms with van der Waals surface area (Å²) in [5, 5.41) is 0. The van der Waals surface area contributed by atoms with Gasteiger partial charge in [-0.3, -0.25) is 4.79 Å². The minimum atomic E-state index is -0.159. The number of carbonyl (C=O) groups is 1. The zero-order chi connectivity index (χ0) is 18.3. The molecule has 0 fully saturated rings. The van der Waals surface area contributed by atoms with Crippen LogP contribution in [0.15, 0.2) is 12.7 Å². The Balaban J connectivity index is 0. The smallest absolute Gasteiger partial charge is 0.217 e. The van der Waals surface area contributed by atoms with Gasteiger partial charge >= 0.3 is 0 Å². The van der Waals surface area contributed by atoms with Crippen LogP contribution in [0.1, 0.15) is 123 Å². The van der Waals surface area contributed by atoms with E-state index >= 15 is 0 Å². The lowest BCUT2D eigenvalue weighted by atomic mass is 10.1. The molecule has 0 bridgehead atoms. The van der Waals surface area contributed by atoms with Crippen molar-refractivity contribution in [3.05, 3.63) is 12.7 Å². The summed E-state index contributed by atoms with van der Waals surface area (Å²) in [4.78, 5) is 10.4. The molecule has 0 aromatic carbocycles. The molecule has 0 aliphatic rings. The van der Waals surface area contributed by atoms with E-state index in [1.165, 1.54) is 89.9 Å². The second-order valence-electron chi connectivity index (χ2n) is 6.89. The fourth-order valence-corrected chi connectivity index (χ4v) is 2.68. The Morgan fingerprint density at radius 3 is 1.46 bits per heavy atom. The van der Waals surface area contributed by atoms with Gasteiger partial charge < -0.3 is 5.73 Å². The number of carbonyl (C=O) groups excluding carboxylic acids is 1. The average molecular weight is 340 g/mol. The van der Waals surface area contributed by atoms with Gasteiger partial charge in [-0.05, 0) is 19.3 Å². The molecule has 0 saturated carbocycles. The van der Waals surface area contributed by atoms with Crippen LogP contribution in [0, 0.1) is 0 Å². The van der Waals surface area contributed by atoms with Gasteiger partial charge in [-0.2, -0.15) is 0 Å². The molecular weight excluding hydrogens is 294 g/mol. The molecule has 24 heavy (non-hydrogen) atoms. The maximum atomic E-state index is 10.4. The number of unbranched alkanes of at least 4 members (excludes halogenated alkanes) is 14. The summed E-state index contributed by atoms with van der Waals surface area (Å²) in [5.74, 6) is -0.159. The molecule has 0 rings (SSSR count). The van der Waals surface area contributed by atoms with Crippen molar-refractivity contribution in [1.82, 2.24) is 0 Å². The number of rotatable bonds is 17. The van der Waals surface area contributed by atoms with Crippen LogP contribution >= 0.6 is 0 Å². The molecule has 0 aliphatic heterocycles. The third kappa shape index (κ3) is 29.2. The molecule has 0 aromatic rings. The highest BCUT2D eigenvalue weighted by molar-refractivity contribution is 5.73. The predicted molar refractivity (Wildman–Crippen MR) is 109 cm³/mol. The molecular formula is C22H45NO. The Morgan fingerprint density at radius 1 is 0.708 bits per heavy atom. The van der Waals surface area contributed by atoms with Crippen molar-refractivity contribution in [1.29, 1.82) is 0 Å². The van der Waals surface area contributed by atoms with Crippen LogP contribution in [0.3, 0.4) is 0 Å². The fourth-order valence-electron chi connectivity index (χ4n) is 2.68. The Bertz CT molecular complexity index is 250. The van der Waals surface area contributed by atoms with Crippen LogP contribution < -0.4 is 5.73 Å². The topological polar surface area (TPSA) is 43.1 Å². The maximum Gasteiger partial charge on any atom is 0.217 e. The van der Waals surface area contributed by atoms with Crippen molar-refractivity contribution >= 4 is 5.91 Å². The van der Waals surface area contributed by atoms with Crippen LogP contribution in [0.4, 0.5) is 0 Å². The molecule has 0 unspecified atom stereocenters. The molecule has 1 amide bonds. The zero-order valence-electron chi connectivity index (χ0n) is 16.8. The Labute approximate surface area is 152 Å². The first-order valence-corrected chi connectivity index (χ1v) is 10.6. The summed E-state index contributed by atoms with van der Waals surface area (Å²) in [6, 6.07) is 0. The lowest BCUT2D eigenvalue weighted by Crippen LogP contribution is -2.09. The van der Waals surface area contributed by atoms with Gasteiger partial charge in [0.2, 0.25) is 5.91 Å². The standard InChI is InChI=1S/C12H25NO.C10H20/c1-2-3-4-5-6-7-8-9-10-11-12(13)14;1-3-5-7-9-10-8-6-4-2/h2-11H2,1H3,(H2,13,14);3H,1,4-10H2,2H3. The van der Waals surface area contributed by atoms with Gasteiger partial charge in [-0.1, -0.05) is 103 Å². The summed E-state index contributed by atoms with van der Waals surface area (Å²) in [6.07, 6.45) is 23.7. The van der Waals surface area contributed by atoms with Gasteiger partial charge in [0, 0.05) is 6.42 Å². The van der Waals surface area contributed by atoms with E-state index in [0.29, 0.717) is 6.42 Å². The summed E-state index contributed by atoms with van der Waals surface area (Å²) < 4.78 is 0. The van der Waals surface area contributed by atoms with Gasteiger partial charge in [0.1, 0.15) is 0 Å². The second-order valence-corrected chi connectivity index (χ2v) is 6.89. The van der Waals surface area contributed by atoms with Crippen LogP contribution in [-0.2, 0) is 4.79 Å². The van der Waals surface area contributed by atoms with E-state index in [1.54, 1.807) is 0 Å². The highest BCUT2D eigenvalue weighted by Gasteiger charge is 1.94. The van der Waals surface area contributed by atoms with Crippen molar-refractivity contribution in [2.75, 3.05) is 0 Å². The summed E-state index contributed by atoms with van der Waals surface area (Å²) in [6.45, 7) is 8.19. The van der Waals surface area contributed by atoms with E-state index in [0.717, 1.165) is 12.8 Å². The molecule has 0 heterocycles. The quantitative estimate of drug-likeness (QED) is 0.219. The number of amides is 1. The van der Waals surface area contributed by atoms with Crippen LogP contribution in [0.5, 0.6) is 0 Å². The van der Waals surface area contributed by atoms with Crippen LogP contribution in [-0.4, -0.2) is 5.91 Å². The van der Waals surface area contributed by atoms with E-state index < -0.39 is 0 Å². The van der Waals surface area contributed by atoms with Crippen molar-refractivity contribution in [2.24, 2.45) is 5.73 Å². The van der Waals surface area contributed by atoms with Gasteiger partial charge in [0.05, 0.1) is 0 Å². The predicted octanol–water partition coefficient (Wildman–Crippen LogP) is 7.32. The fraction of sp³-hybridized carbons (Fsp3) is 0.864. The number of hydrogen-bond donors (Lipinski definition) is 1. The third-order valence-electron chi connectivity index (χ3n) is 4.29. The lowest BCUT2D eigenvalue weighted by molar-refractivity contribution is -0.118.